The number of benzene rings is 1. The number of alkyl halides is 4. The summed E-state index contributed by atoms with van der Waals surface area (Å²) in [5.74, 6) is -0.00794. The first-order chi connectivity index (χ1) is 7.30. The first-order valence-electron chi connectivity index (χ1n) is 4.71. The topological polar surface area (TPSA) is 0 Å². The number of halogens is 4. The lowest BCUT2D eigenvalue weighted by molar-refractivity contribution is -0.122. The molecular weight excluding hydrogens is 301 g/mol. The standard InChI is InChI=1S/C11H12BrF3S/c1-7-3-4-9(5-8(7)2)16-6-10(12)11(13,14)15/h3-5,10H,6H2,1-2H3. The van der Waals surface area contributed by atoms with Crippen LogP contribution >= 0.6 is 27.7 Å². The SMILES string of the molecule is Cc1ccc(SCC(Br)C(F)(F)F)cc1C. The van der Waals surface area contributed by atoms with Crippen molar-refractivity contribution >= 4 is 27.7 Å². The fourth-order valence-electron chi connectivity index (χ4n) is 1.07. The van der Waals surface area contributed by atoms with Crippen molar-refractivity contribution in [3.63, 3.8) is 0 Å². The number of hydrogen-bond acceptors (Lipinski definition) is 1. The predicted molar refractivity (Wildman–Crippen MR) is 65.4 cm³/mol. The van der Waals surface area contributed by atoms with E-state index in [1.165, 1.54) is 11.8 Å². The Labute approximate surface area is 106 Å². The summed E-state index contributed by atoms with van der Waals surface area (Å²) in [7, 11) is 0. The third-order valence-corrected chi connectivity index (χ3v) is 4.59. The van der Waals surface area contributed by atoms with Crippen molar-refractivity contribution in [2.24, 2.45) is 0 Å². The van der Waals surface area contributed by atoms with Crippen LogP contribution in [0.25, 0.3) is 0 Å². The summed E-state index contributed by atoms with van der Waals surface area (Å²) in [6, 6.07) is 5.69. The van der Waals surface area contributed by atoms with Crippen molar-refractivity contribution in [2.75, 3.05) is 5.75 Å². The molecule has 0 spiro atoms. The van der Waals surface area contributed by atoms with E-state index < -0.39 is 11.0 Å². The van der Waals surface area contributed by atoms with Crippen molar-refractivity contribution < 1.29 is 13.2 Å². The maximum absolute atomic E-state index is 12.2. The Kier molecular flexibility index (Phi) is 4.73. The molecule has 1 aromatic rings. The average molecular weight is 313 g/mol. The van der Waals surface area contributed by atoms with E-state index in [9.17, 15) is 13.2 Å². The molecule has 0 radical (unpaired) electrons. The van der Waals surface area contributed by atoms with Gasteiger partial charge in [0.25, 0.3) is 0 Å². The van der Waals surface area contributed by atoms with E-state index in [1.54, 1.807) is 0 Å². The Morgan fingerprint density at radius 2 is 1.88 bits per heavy atom. The Balaban J connectivity index is 2.58. The number of hydrogen-bond donors (Lipinski definition) is 0. The largest absolute Gasteiger partial charge is 0.402 e. The van der Waals surface area contributed by atoms with Crippen molar-refractivity contribution in [3.05, 3.63) is 29.3 Å². The minimum atomic E-state index is -4.17. The van der Waals surface area contributed by atoms with Crippen LogP contribution in [0.2, 0.25) is 0 Å². The molecule has 0 heterocycles. The molecule has 0 fully saturated rings. The minimum absolute atomic E-state index is 0.00794. The highest BCUT2D eigenvalue weighted by molar-refractivity contribution is 9.09. The van der Waals surface area contributed by atoms with Crippen LogP contribution < -0.4 is 0 Å². The first-order valence-corrected chi connectivity index (χ1v) is 6.61. The van der Waals surface area contributed by atoms with E-state index in [0.717, 1.165) is 16.0 Å². The van der Waals surface area contributed by atoms with Crippen LogP contribution in [0.4, 0.5) is 13.2 Å². The summed E-state index contributed by atoms with van der Waals surface area (Å²) in [4.78, 5) is -0.580. The molecule has 1 aromatic carbocycles. The van der Waals surface area contributed by atoms with Crippen LogP contribution in [0.3, 0.4) is 0 Å². The Morgan fingerprint density at radius 1 is 1.25 bits per heavy atom. The van der Waals surface area contributed by atoms with Gasteiger partial charge in [-0.25, -0.2) is 0 Å². The quantitative estimate of drug-likeness (QED) is 0.575. The van der Waals surface area contributed by atoms with Crippen LogP contribution in [0, 0.1) is 13.8 Å². The van der Waals surface area contributed by atoms with Gasteiger partial charge in [0.15, 0.2) is 0 Å². The summed E-state index contributed by atoms with van der Waals surface area (Å²) in [6.45, 7) is 3.93. The molecule has 0 aliphatic rings. The van der Waals surface area contributed by atoms with Gasteiger partial charge in [-0.2, -0.15) is 13.2 Å². The molecule has 0 aromatic heterocycles. The lowest BCUT2D eigenvalue weighted by Crippen LogP contribution is -2.24. The highest BCUT2D eigenvalue weighted by atomic mass is 79.9. The Hall–Kier alpha value is -0.160. The van der Waals surface area contributed by atoms with Crippen LogP contribution in [0.5, 0.6) is 0 Å². The second kappa shape index (κ2) is 5.45. The third-order valence-electron chi connectivity index (χ3n) is 2.23. The molecule has 1 rings (SSSR count). The van der Waals surface area contributed by atoms with Crippen LogP contribution in [-0.2, 0) is 0 Å². The molecule has 16 heavy (non-hydrogen) atoms. The normalized spacial score (nSPS) is 13.9. The Morgan fingerprint density at radius 3 is 2.38 bits per heavy atom. The van der Waals surface area contributed by atoms with E-state index in [-0.39, 0.29) is 5.75 Å². The van der Waals surface area contributed by atoms with E-state index in [2.05, 4.69) is 15.9 Å². The molecule has 1 unspecified atom stereocenters. The van der Waals surface area contributed by atoms with Gasteiger partial charge in [0.05, 0.1) is 0 Å². The molecule has 1 atom stereocenters. The molecule has 0 nitrogen and oxygen atoms in total. The van der Waals surface area contributed by atoms with Crippen molar-refractivity contribution in [2.45, 2.75) is 29.7 Å². The highest BCUT2D eigenvalue weighted by Gasteiger charge is 2.37. The molecular formula is C11H12BrF3S. The van der Waals surface area contributed by atoms with E-state index in [4.69, 9.17) is 0 Å². The predicted octanol–water partition coefficient (Wildman–Crippen LogP) is 4.72. The van der Waals surface area contributed by atoms with Gasteiger partial charge >= 0.3 is 6.18 Å². The van der Waals surface area contributed by atoms with Gasteiger partial charge in [-0.15, -0.1) is 11.8 Å². The van der Waals surface area contributed by atoms with Crippen LogP contribution in [0.1, 0.15) is 11.1 Å². The molecule has 0 saturated carbocycles. The zero-order valence-corrected chi connectivity index (χ0v) is 11.3. The van der Waals surface area contributed by atoms with E-state index in [0.29, 0.717) is 0 Å². The average Bonchev–Trinajstić information content (AvgIpc) is 2.18. The molecule has 0 amide bonds. The highest BCUT2D eigenvalue weighted by Crippen LogP contribution is 2.32. The minimum Gasteiger partial charge on any atom is -0.170 e. The Bertz CT molecular complexity index is 363. The first kappa shape index (κ1) is 13.9. The monoisotopic (exact) mass is 312 g/mol. The molecule has 5 heteroatoms. The summed E-state index contributed by atoms with van der Waals surface area (Å²) >= 11 is 3.85. The van der Waals surface area contributed by atoms with Gasteiger partial charge < -0.3 is 0 Å². The van der Waals surface area contributed by atoms with Gasteiger partial charge in [-0.3, -0.25) is 0 Å². The summed E-state index contributed by atoms with van der Waals surface area (Å²) in [5.41, 5.74) is 2.25. The number of rotatable bonds is 3. The van der Waals surface area contributed by atoms with Gasteiger partial charge in [0.2, 0.25) is 0 Å². The van der Waals surface area contributed by atoms with Crippen molar-refractivity contribution in [1.29, 1.82) is 0 Å². The zero-order valence-electron chi connectivity index (χ0n) is 8.94. The fourth-order valence-corrected chi connectivity index (χ4v) is 2.42. The van der Waals surface area contributed by atoms with E-state index >= 15 is 0 Å². The lowest BCUT2D eigenvalue weighted by atomic mass is 10.1. The van der Waals surface area contributed by atoms with E-state index in [1.807, 2.05) is 32.0 Å². The number of thioether (sulfide) groups is 1. The second-order valence-electron chi connectivity index (χ2n) is 3.57. The summed E-state index contributed by atoms with van der Waals surface area (Å²) < 4.78 is 36.7. The molecule has 0 aliphatic carbocycles. The number of aryl methyl sites for hydroxylation is 2. The lowest BCUT2D eigenvalue weighted by Gasteiger charge is -2.13. The van der Waals surface area contributed by atoms with Crippen molar-refractivity contribution in [1.82, 2.24) is 0 Å². The fraction of sp³-hybridized carbons (Fsp3) is 0.455. The molecule has 0 saturated heterocycles. The second-order valence-corrected chi connectivity index (χ2v) is 5.76. The molecule has 90 valence electrons. The zero-order chi connectivity index (χ0) is 12.3. The van der Waals surface area contributed by atoms with Gasteiger partial charge in [0, 0.05) is 10.6 Å². The maximum Gasteiger partial charge on any atom is 0.402 e. The molecule has 0 aliphatic heterocycles. The van der Waals surface area contributed by atoms with Gasteiger partial charge in [-0.1, -0.05) is 22.0 Å². The van der Waals surface area contributed by atoms with Gasteiger partial charge in [0.1, 0.15) is 4.83 Å². The molecule has 0 bridgehead atoms. The summed E-state index contributed by atoms with van der Waals surface area (Å²) in [5, 5.41) is 0. The van der Waals surface area contributed by atoms with Crippen LogP contribution in [0.15, 0.2) is 23.1 Å². The maximum atomic E-state index is 12.2. The van der Waals surface area contributed by atoms with Crippen molar-refractivity contribution in [3.8, 4) is 0 Å². The third kappa shape index (κ3) is 4.01. The smallest absolute Gasteiger partial charge is 0.170 e. The van der Waals surface area contributed by atoms with Gasteiger partial charge in [-0.05, 0) is 37.1 Å². The molecule has 0 N–H and O–H groups in total. The van der Waals surface area contributed by atoms with Crippen LogP contribution in [-0.4, -0.2) is 16.8 Å². The summed E-state index contributed by atoms with van der Waals surface area (Å²) in [6.07, 6.45) is -4.17.